The maximum absolute atomic E-state index is 10.9. The van der Waals surface area contributed by atoms with Gasteiger partial charge < -0.3 is 5.32 Å². The van der Waals surface area contributed by atoms with E-state index in [1.54, 1.807) is 6.07 Å². The smallest absolute Gasteiger partial charge is 0.288 e. The molecule has 0 radical (unpaired) electrons. The number of benzene rings is 2. The lowest BCUT2D eigenvalue weighted by Crippen LogP contribution is -2.23. The summed E-state index contributed by atoms with van der Waals surface area (Å²) in [6, 6.07) is 12.4. The van der Waals surface area contributed by atoms with Crippen LogP contribution in [0.3, 0.4) is 0 Å². The van der Waals surface area contributed by atoms with Gasteiger partial charge in [0.05, 0.1) is 11.1 Å². The molecule has 0 amide bonds. The molecule has 0 saturated heterocycles. The monoisotopic (exact) mass is 376 g/mol. The SMILES string of the molecule is CC(C)c1ccc(NC(=S)N/N=C/c2ccc(Cl)c([N+](=O)[O-])c2)cc1. The Labute approximate surface area is 156 Å². The van der Waals surface area contributed by atoms with Crippen LogP contribution >= 0.6 is 23.8 Å². The third kappa shape index (κ3) is 5.51. The van der Waals surface area contributed by atoms with Crippen molar-refractivity contribution in [2.75, 3.05) is 5.32 Å². The number of rotatable bonds is 5. The van der Waals surface area contributed by atoms with Gasteiger partial charge in [0.2, 0.25) is 0 Å². The van der Waals surface area contributed by atoms with Crippen molar-refractivity contribution in [1.82, 2.24) is 5.43 Å². The Morgan fingerprint density at radius 1 is 1.28 bits per heavy atom. The van der Waals surface area contributed by atoms with Crippen molar-refractivity contribution >= 4 is 46.5 Å². The average Bonchev–Trinajstić information content (AvgIpc) is 2.56. The zero-order chi connectivity index (χ0) is 18.4. The van der Waals surface area contributed by atoms with Gasteiger partial charge in [-0.3, -0.25) is 15.5 Å². The quantitative estimate of drug-likeness (QED) is 0.342. The van der Waals surface area contributed by atoms with Crippen LogP contribution in [0.4, 0.5) is 11.4 Å². The summed E-state index contributed by atoms with van der Waals surface area (Å²) in [5.41, 5.74) is 5.12. The fourth-order valence-corrected chi connectivity index (χ4v) is 2.38. The molecule has 25 heavy (non-hydrogen) atoms. The number of hydrazone groups is 1. The molecular formula is C17H17ClN4O2S. The molecule has 0 bridgehead atoms. The third-order valence-corrected chi connectivity index (χ3v) is 3.89. The standard InChI is InChI=1S/C17H17ClN4O2S/c1-11(2)13-4-6-14(7-5-13)20-17(25)21-19-10-12-3-8-15(18)16(9-12)22(23)24/h3-11H,1-2H3,(H2,20,21,25)/b19-10+. The number of nitro benzene ring substituents is 1. The zero-order valence-corrected chi connectivity index (χ0v) is 15.3. The molecule has 8 heteroatoms. The van der Waals surface area contributed by atoms with Gasteiger partial charge >= 0.3 is 0 Å². The van der Waals surface area contributed by atoms with Crippen LogP contribution in [0.2, 0.25) is 5.02 Å². The van der Waals surface area contributed by atoms with Gasteiger partial charge in [-0.2, -0.15) is 5.10 Å². The van der Waals surface area contributed by atoms with Crippen molar-refractivity contribution in [3.63, 3.8) is 0 Å². The van der Waals surface area contributed by atoms with Crippen molar-refractivity contribution in [1.29, 1.82) is 0 Å². The second-order valence-electron chi connectivity index (χ2n) is 5.57. The summed E-state index contributed by atoms with van der Waals surface area (Å²) in [4.78, 5) is 10.3. The Bertz CT molecular complexity index is 807. The number of nitro groups is 1. The van der Waals surface area contributed by atoms with Crippen LogP contribution in [0.1, 0.15) is 30.9 Å². The molecule has 0 aliphatic carbocycles. The van der Waals surface area contributed by atoms with Crippen LogP contribution in [0, 0.1) is 10.1 Å². The second-order valence-corrected chi connectivity index (χ2v) is 6.38. The summed E-state index contributed by atoms with van der Waals surface area (Å²) in [5.74, 6) is 0.465. The van der Waals surface area contributed by atoms with Gasteiger partial charge in [-0.1, -0.05) is 43.6 Å². The first-order valence-electron chi connectivity index (χ1n) is 7.51. The van der Waals surface area contributed by atoms with Gasteiger partial charge in [-0.15, -0.1) is 0 Å². The van der Waals surface area contributed by atoms with Gasteiger partial charge in [0.1, 0.15) is 5.02 Å². The van der Waals surface area contributed by atoms with Crippen LogP contribution in [0.25, 0.3) is 0 Å². The molecule has 0 aliphatic heterocycles. The first kappa shape index (κ1) is 18.8. The number of thiocarbonyl (C=S) groups is 1. The molecule has 2 rings (SSSR count). The molecule has 2 aromatic carbocycles. The highest BCUT2D eigenvalue weighted by molar-refractivity contribution is 7.80. The molecule has 2 N–H and O–H groups in total. The first-order chi connectivity index (χ1) is 11.9. The van der Waals surface area contributed by atoms with Crippen molar-refractivity contribution in [2.45, 2.75) is 19.8 Å². The largest absolute Gasteiger partial charge is 0.331 e. The number of hydrogen-bond acceptors (Lipinski definition) is 4. The molecule has 0 unspecified atom stereocenters. The summed E-state index contributed by atoms with van der Waals surface area (Å²) in [5, 5.41) is 18.2. The van der Waals surface area contributed by atoms with E-state index in [0.717, 1.165) is 5.69 Å². The van der Waals surface area contributed by atoms with E-state index < -0.39 is 4.92 Å². The lowest BCUT2D eigenvalue weighted by molar-refractivity contribution is -0.384. The molecule has 0 spiro atoms. The van der Waals surface area contributed by atoms with E-state index in [9.17, 15) is 10.1 Å². The lowest BCUT2D eigenvalue weighted by atomic mass is 10.0. The van der Waals surface area contributed by atoms with E-state index in [1.807, 2.05) is 24.3 Å². The van der Waals surface area contributed by atoms with Crippen molar-refractivity contribution < 1.29 is 4.92 Å². The second kappa shape index (κ2) is 8.55. The molecule has 0 saturated carbocycles. The Kier molecular flexibility index (Phi) is 6.44. The Hall–Kier alpha value is -2.51. The molecule has 0 aliphatic rings. The van der Waals surface area contributed by atoms with E-state index in [2.05, 4.69) is 29.7 Å². The minimum atomic E-state index is -0.542. The minimum Gasteiger partial charge on any atom is -0.331 e. The van der Waals surface area contributed by atoms with Crippen LogP contribution in [0.15, 0.2) is 47.6 Å². The summed E-state index contributed by atoms with van der Waals surface area (Å²) in [6.45, 7) is 4.26. The fraction of sp³-hybridized carbons (Fsp3) is 0.176. The predicted octanol–water partition coefficient (Wildman–Crippen LogP) is 4.69. The number of halogens is 1. The molecule has 130 valence electrons. The van der Waals surface area contributed by atoms with Crippen LogP contribution < -0.4 is 10.7 Å². The number of hydrogen-bond donors (Lipinski definition) is 2. The van der Waals surface area contributed by atoms with Crippen LogP contribution in [-0.4, -0.2) is 16.3 Å². The maximum Gasteiger partial charge on any atom is 0.288 e. The minimum absolute atomic E-state index is 0.0807. The summed E-state index contributed by atoms with van der Waals surface area (Å²) in [7, 11) is 0. The average molecular weight is 377 g/mol. The van der Waals surface area contributed by atoms with E-state index in [0.29, 0.717) is 16.6 Å². The molecule has 2 aromatic rings. The van der Waals surface area contributed by atoms with Crippen LogP contribution in [0.5, 0.6) is 0 Å². The number of nitrogens with zero attached hydrogens (tertiary/aromatic N) is 2. The number of anilines is 1. The van der Waals surface area contributed by atoms with Crippen molar-refractivity contribution in [3.8, 4) is 0 Å². The third-order valence-electron chi connectivity index (χ3n) is 3.38. The van der Waals surface area contributed by atoms with Gasteiger partial charge in [0.15, 0.2) is 5.11 Å². The highest BCUT2D eigenvalue weighted by Crippen LogP contribution is 2.24. The summed E-state index contributed by atoms with van der Waals surface area (Å²) >= 11 is 10.9. The molecule has 0 heterocycles. The Morgan fingerprint density at radius 3 is 2.56 bits per heavy atom. The summed E-state index contributed by atoms with van der Waals surface area (Å²) in [6.07, 6.45) is 1.43. The van der Waals surface area contributed by atoms with Crippen molar-refractivity contribution in [2.24, 2.45) is 5.10 Å². The lowest BCUT2D eigenvalue weighted by Gasteiger charge is -2.09. The molecular weight excluding hydrogens is 360 g/mol. The normalized spacial score (nSPS) is 10.9. The van der Waals surface area contributed by atoms with E-state index in [1.165, 1.54) is 23.9 Å². The maximum atomic E-state index is 10.9. The van der Waals surface area contributed by atoms with E-state index in [-0.39, 0.29) is 10.7 Å². The highest BCUT2D eigenvalue weighted by Gasteiger charge is 2.11. The number of nitrogens with one attached hydrogen (secondary N) is 2. The molecule has 0 fully saturated rings. The molecule has 6 nitrogen and oxygen atoms in total. The van der Waals surface area contributed by atoms with Crippen molar-refractivity contribution in [3.05, 3.63) is 68.7 Å². The van der Waals surface area contributed by atoms with Gasteiger partial charge in [0.25, 0.3) is 5.69 Å². The molecule has 0 aromatic heterocycles. The zero-order valence-electron chi connectivity index (χ0n) is 13.7. The van der Waals surface area contributed by atoms with E-state index >= 15 is 0 Å². The first-order valence-corrected chi connectivity index (χ1v) is 8.29. The fourth-order valence-electron chi connectivity index (χ4n) is 2.03. The predicted molar refractivity (Wildman–Crippen MR) is 106 cm³/mol. The Balaban J connectivity index is 1.94. The van der Waals surface area contributed by atoms with Crippen LogP contribution in [-0.2, 0) is 0 Å². The highest BCUT2D eigenvalue weighted by atomic mass is 35.5. The van der Waals surface area contributed by atoms with Gasteiger partial charge in [-0.05, 0) is 41.9 Å². The Morgan fingerprint density at radius 2 is 1.96 bits per heavy atom. The van der Waals surface area contributed by atoms with Gasteiger partial charge in [-0.25, -0.2) is 0 Å². The summed E-state index contributed by atoms with van der Waals surface area (Å²) < 4.78 is 0. The topological polar surface area (TPSA) is 79.6 Å². The van der Waals surface area contributed by atoms with Gasteiger partial charge in [0, 0.05) is 17.3 Å². The molecule has 0 atom stereocenters. The van der Waals surface area contributed by atoms with E-state index in [4.69, 9.17) is 23.8 Å².